The molecule has 0 fully saturated rings. The Hall–Kier alpha value is -2.30. The van der Waals surface area contributed by atoms with Crippen LogP contribution >= 0.6 is 0 Å². The summed E-state index contributed by atoms with van der Waals surface area (Å²) >= 11 is 0. The topological polar surface area (TPSA) is 89.6 Å². The van der Waals surface area contributed by atoms with Gasteiger partial charge in [0.25, 0.3) is 0 Å². The van der Waals surface area contributed by atoms with Gasteiger partial charge in [0.15, 0.2) is 0 Å². The van der Waals surface area contributed by atoms with Crippen molar-refractivity contribution in [3.63, 3.8) is 0 Å². The number of hydrogen-bond donors (Lipinski definition) is 2. The van der Waals surface area contributed by atoms with Crippen LogP contribution in [0.3, 0.4) is 0 Å². The van der Waals surface area contributed by atoms with Crippen LogP contribution in [-0.2, 0) is 20.7 Å². The lowest BCUT2D eigenvalue weighted by atomic mass is 10.0. The molecule has 0 amide bonds. The Morgan fingerprint density at radius 3 is 2.79 bits per heavy atom. The van der Waals surface area contributed by atoms with Crippen molar-refractivity contribution in [1.29, 1.82) is 0 Å². The maximum absolute atomic E-state index is 11.3. The molecule has 0 aliphatic rings. The molecular weight excluding hydrogens is 246 g/mol. The van der Waals surface area contributed by atoms with Gasteiger partial charge in [0.05, 0.1) is 6.61 Å². The molecule has 19 heavy (non-hydrogen) atoms. The maximum atomic E-state index is 11.3. The van der Waals surface area contributed by atoms with Crippen LogP contribution in [0.4, 0.5) is 5.69 Å². The van der Waals surface area contributed by atoms with Crippen molar-refractivity contribution in [3.8, 4) is 0 Å². The standard InChI is InChI=1S/C14H17NO4/c1-2-19-14(18)8-5-10-3-6-12(15)9-11(10)4-7-13(16)17/h3-4,6-7,9H,2,5,8,15H2,1H3,(H,16,17). The van der Waals surface area contributed by atoms with Crippen LogP contribution in [0.1, 0.15) is 24.5 Å². The lowest BCUT2D eigenvalue weighted by Crippen LogP contribution is -2.06. The normalized spacial score (nSPS) is 10.6. The van der Waals surface area contributed by atoms with E-state index in [1.807, 2.05) is 0 Å². The third-order valence-electron chi connectivity index (χ3n) is 2.48. The molecule has 0 atom stereocenters. The second-order valence-electron chi connectivity index (χ2n) is 3.93. The van der Waals surface area contributed by atoms with Gasteiger partial charge in [-0.3, -0.25) is 4.79 Å². The molecule has 3 N–H and O–H groups in total. The number of nitrogens with two attached hydrogens (primary N) is 1. The van der Waals surface area contributed by atoms with Gasteiger partial charge in [0.2, 0.25) is 0 Å². The first-order valence-electron chi connectivity index (χ1n) is 5.98. The number of aryl methyl sites for hydroxylation is 1. The second-order valence-corrected chi connectivity index (χ2v) is 3.93. The van der Waals surface area contributed by atoms with E-state index >= 15 is 0 Å². The Morgan fingerprint density at radius 1 is 1.42 bits per heavy atom. The van der Waals surface area contributed by atoms with Crippen molar-refractivity contribution in [2.24, 2.45) is 0 Å². The van der Waals surface area contributed by atoms with Crippen molar-refractivity contribution in [2.75, 3.05) is 12.3 Å². The van der Waals surface area contributed by atoms with Crippen LogP contribution in [0.15, 0.2) is 24.3 Å². The minimum atomic E-state index is -1.03. The van der Waals surface area contributed by atoms with E-state index < -0.39 is 5.97 Å². The van der Waals surface area contributed by atoms with Gasteiger partial charge in [-0.15, -0.1) is 0 Å². The van der Waals surface area contributed by atoms with Crippen LogP contribution in [-0.4, -0.2) is 23.7 Å². The van der Waals surface area contributed by atoms with Crippen molar-refractivity contribution in [3.05, 3.63) is 35.4 Å². The molecule has 0 radical (unpaired) electrons. The molecule has 0 saturated heterocycles. The SMILES string of the molecule is CCOC(=O)CCc1ccc(N)cc1C=CC(=O)O. The molecule has 0 unspecified atom stereocenters. The lowest BCUT2D eigenvalue weighted by molar-refractivity contribution is -0.143. The molecule has 0 aliphatic heterocycles. The van der Waals surface area contributed by atoms with Crippen LogP contribution in [0, 0.1) is 0 Å². The quantitative estimate of drug-likeness (QED) is 0.464. The van der Waals surface area contributed by atoms with E-state index in [4.69, 9.17) is 15.6 Å². The molecule has 0 heterocycles. The molecule has 1 rings (SSSR count). The highest BCUT2D eigenvalue weighted by molar-refractivity contribution is 5.86. The Bertz CT molecular complexity index is 494. The fourth-order valence-corrected chi connectivity index (χ4v) is 1.63. The zero-order valence-corrected chi connectivity index (χ0v) is 10.8. The number of anilines is 1. The summed E-state index contributed by atoms with van der Waals surface area (Å²) in [6.45, 7) is 2.11. The van der Waals surface area contributed by atoms with Gasteiger partial charge >= 0.3 is 11.9 Å². The number of carbonyl (C=O) groups excluding carboxylic acids is 1. The number of esters is 1. The summed E-state index contributed by atoms with van der Waals surface area (Å²) in [4.78, 5) is 21.8. The van der Waals surface area contributed by atoms with Crippen molar-refractivity contribution in [2.45, 2.75) is 19.8 Å². The average Bonchev–Trinajstić information content (AvgIpc) is 2.35. The summed E-state index contributed by atoms with van der Waals surface area (Å²) in [5.74, 6) is -1.30. The smallest absolute Gasteiger partial charge is 0.328 e. The molecular formula is C14H17NO4. The van der Waals surface area contributed by atoms with Gasteiger partial charge < -0.3 is 15.6 Å². The molecule has 1 aromatic carbocycles. The monoisotopic (exact) mass is 263 g/mol. The van der Waals surface area contributed by atoms with E-state index in [2.05, 4.69) is 0 Å². The van der Waals surface area contributed by atoms with E-state index in [0.29, 0.717) is 24.3 Å². The minimum Gasteiger partial charge on any atom is -0.478 e. The van der Waals surface area contributed by atoms with Gasteiger partial charge in [-0.1, -0.05) is 6.07 Å². The second kappa shape index (κ2) is 7.20. The Balaban J connectivity index is 2.81. The van der Waals surface area contributed by atoms with Gasteiger partial charge in [0, 0.05) is 18.2 Å². The van der Waals surface area contributed by atoms with Gasteiger partial charge in [0.1, 0.15) is 0 Å². The molecule has 0 aliphatic carbocycles. The summed E-state index contributed by atoms with van der Waals surface area (Å²) in [6.07, 6.45) is 3.26. The highest BCUT2D eigenvalue weighted by Gasteiger charge is 2.06. The zero-order valence-electron chi connectivity index (χ0n) is 10.8. The highest BCUT2D eigenvalue weighted by Crippen LogP contribution is 2.17. The minimum absolute atomic E-state index is 0.256. The number of carboxylic acid groups (broad SMARTS) is 1. The Kier molecular flexibility index (Phi) is 5.60. The molecule has 0 bridgehead atoms. The van der Waals surface area contributed by atoms with E-state index in [1.54, 1.807) is 25.1 Å². The first kappa shape index (κ1) is 14.8. The van der Waals surface area contributed by atoms with E-state index in [0.717, 1.165) is 11.6 Å². The summed E-state index contributed by atoms with van der Waals surface area (Å²) in [6, 6.07) is 5.19. The number of hydrogen-bond acceptors (Lipinski definition) is 4. The molecule has 0 aromatic heterocycles. The number of carbonyl (C=O) groups is 2. The van der Waals surface area contributed by atoms with Gasteiger partial charge in [-0.25, -0.2) is 4.79 Å². The summed E-state index contributed by atoms with van der Waals surface area (Å²) in [7, 11) is 0. The van der Waals surface area contributed by atoms with Gasteiger partial charge in [-0.05, 0) is 42.7 Å². The summed E-state index contributed by atoms with van der Waals surface area (Å²) in [5, 5.41) is 8.63. The lowest BCUT2D eigenvalue weighted by Gasteiger charge is -2.07. The van der Waals surface area contributed by atoms with Crippen molar-refractivity contribution < 1.29 is 19.4 Å². The number of benzene rings is 1. The number of nitrogen functional groups attached to an aromatic ring is 1. The fourth-order valence-electron chi connectivity index (χ4n) is 1.63. The number of aliphatic carboxylic acids is 1. The van der Waals surface area contributed by atoms with Crippen LogP contribution in [0.25, 0.3) is 6.08 Å². The molecule has 5 nitrogen and oxygen atoms in total. The van der Waals surface area contributed by atoms with E-state index in [9.17, 15) is 9.59 Å². The van der Waals surface area contributed by atoms with Crippen LogP contribution in [0.2, 0.25) is 0 Å². The predicted octanol–water partition coefficient (Wildman–Crippen LogP) is 1.86. The van der Waals surface area contributed by atoms with E-state index in [1.165, 1.54) is 6.08 Å². The average molecular weight is 263 g/mol. The predicted molar refractivity (Wildman–Crippen MR) is 72.5 cm³/mol. The Morgan fingerprint density at radius 2 is 2.16 bits per heavy atom. The van der Waals surface area contributed by atoms with E-state index in [-0.39, 0.29) is 12.4 Å². The fraction of sp³-hybridized carbons (Fsp3) is 0.286. The molecule has 0 spiro atoms. The summed E-state index contributed by atoms with van der Waals surface area (Å²) < 4.78 is 4.85. The molecule has 5 heteroatoms. The number of carboxylic acids is 1. The first-order chi connectivity index (χ1) is 9.02. The third-order valence-corrected chi connectivity index (χ3v) is 2.48. The molecule has 1 aromatic rings. The summed E-state index contributed by atoms with van der Waals surface area (Å²) in [5.41, 5.74) is 7.77. The first-order valence-corrected chi connectivity index (χ1v) is 5.98. The maximum Gasteiger partial charge on any atom is 0.328 e. The van der Waals surface area contributed by atoms with Crippen molar-refractivity contribution in [1.82, 2.24) is 0 Å². The Labute approximate surface area is 111 Å². The third kappa shape index (κ3) is 5.25. The number of rotatable bonds is 6. The zero-order chi connectivity index (χ0) is 14.3. The van der Waals surface area contributed by atoms with Crippen LogP contribution < -0.4 is 5.73 Å². The van der Waals surface area contributed by atoms with Crippen molar-refractivity contribution >= 4 is 23.7 Å². The largest absolute Gasteiger partial charge is 0.478 e. The molecule has 102 valence electrons. The van der Waals surface area contributed by atoms with Gasteiger partial charge in [-0.2, -0.15) is 0 Å². The number of ether oxygens (including phenoxy) is 1. The highest BCUT2D eigenvalue weighted by atomic mass is 16.5. The van der Waals surface area contributed by atoms with Crippen LogP contribution in [0.5, 0.6) is 0 Å². The molecule has 0 saturated carbocycles.